The number of imidazole rings is 1. The van der Waals surface area contributed by atoms with Crippen molar-refractivity contribution in [1.29, 1.82) is 0 Å². The van der Waals surface area contributed by atoms with Crippen LogP contribution in [-0.4, -0.2) is 28.7 Å². The maximum atomic E-state index is 13.2. The number of rotatable bonds is 5. The summed E-state index contributed by atoms with van der Waals surface area (Å²) < 4.78 is 41.6. The SMILES string of the molecule is O=C(Nc1ccc(S(=O)(=O)Nc2nccs2)cc1)c1cn2cc(F)ccc2n1. The van der Waals surface area contributed by atoms with Gasteiger partial charge in [0.2, 0.25) is 0 Å². The van der Waals surface area contributed by atoms with Gasteiger partial charge in [-0.2, -0.15) is 0 Å². The van der Waals surface area contributed by atoms with E-state index in [2.05, 4.69) is 20.0 Å². The van der Waals surface area contributed by atoms with Gasteiger partial charge in [0.1, 0.15) is 17.2 Å². The van der Waals surface area contributed by atoms with Crippen molar-refractivity contribution in [3.63, 3.8) is 0 Å². The zero-order valence-electron chi connectivity index (χ0n) is 14.0. The molecule has 0 bridgehead atoms. The number of benzene rings is 1. The van der Waals surface area contributed by atoms with Gasteiger partial charge in [0, 0.05) is 29.7 Å². The molecule has 0 atom stereocenters. The van der Waals surface area contributed by atoms with Crippen LogP contribution >= 0.6 is 11.3 Å². The molecule has 0 aliphatic rings. The summed E-state index contributed by atoms with van der Waals surface area (Å²) in [5, 5.41) is 4.55. The van der Waals surface area contributed by atoms with Gasteiger partial charge < -0.3 is 9.72 Å². The number of halogens is 1. The van der Waals surface area contributed by atoms with Crippen molar-refractivity contribution < 1.29 is 17.6 Å². The van der Waals surface area contributed by atoms with Gasteiger partial charge in [-0.05, 0) is 36.4 Å². The highest BCUT2D eigenvalue weighted by molar-refractivity contribution is 7.93. The number of hydrogen-bond acceptors (Lipinski definition) is 6. The van der Waals surface area contributed by atoms with Crippen LogP contribution in [0.3, 0.4) is 0 Å². The summed E-state index contributed by atoms with van der Waals surface area (Å²) in [6.07, 6.45) is 4.12. The molecular weight excluding hydrogens is 405 g/mol. The Labute approximate surface area is 162 Å². The number of nitrogens with zero attached hydrogens (tertiary/aromatic N) is 3. The molecule has 0 aliphatic carbocycles. The Morgan fingerprint density at radius 1 is 1.11 bits per heavy atom. The molecule has 4 rings (SSSR count). The summed E-state index contributed by atoms with van der Waals surface area (Å²) in [5.41, 5.74) is 0.926. The maximum absolute atomic E-state index is 13.2. The van der Waals surface area contributed by atoms with E-state index >= 15 is 0 Å². The van der Waals surface area contributed by atoms with Crippen LogP contribution in [0.2, 0.25) is 0 Å². The van der Waals surface area contributed by atoms with Gasteiger partial charge in [0.05, 0.1) is 4.90 Å². The van der Waals surface area contributed by atoms with E-state index in [-0.39, 0.29) is 15.7 Å². The lowest BCUT2D eigenvalue weighted by atomic mass is 10.3. The normalized spacial score (nSPS) is 11.5. The van der Waals surface area contributed by atoms with E-state index in [9.17, 15) is 17.6 Å². The molecular formula is C17H12FN5O3S2. The molecule has 142 valence electrons. The number of sulfonamides is 1. The summed E-state index contributed by atoms with van der Waals surface area (Å²) in [5.74, 6) is -0.944. The zero-order valence-corrected chi connectivity index (χ0v) is 15.7. The topological polar surface area (TPSA) is 105 Å². The Morgan fingerprint density at radius 2 is 1.89 bits per heavy atom. The van der Waals surface area contributed by atoms with Crippen molar-refractivity contribution in [1.82, 2.24) is 14.4 Å². The molecule has 0 saturated heterocycles. The molecule has 0 radical (unpaired) electrons. The first-order chi connectivity index (χ1) is 13.4. The first kappa shape index (κ1) is 18.1. The predicted molar refractivity (Wildman–Crippen MR) is 102 cm³/mol. The fraction of sp³-hybridized carbons (Fsp3) is 0. The third-order valence-corrected chi connectivity index (χ3v) is 5.90. The summed E-state index contributed by atoms with van der Waals surface area (Å²) in [6, 6.07) is 8.37. The molecule has 28 heavy (non-hydrogen) atoms. The number of pyridine rings is 1. The molecule has 2 N–H and O–H groups in total. The molecule has 4 aromatic rings. The highest BCUT2D eigenvalue weighted by Gasteiger charge is 2.16. The lowest BCUT2D eigenvalue weighted by Crippen LogP contribution is -2.14. The van der Waals surface area contributed by atoms with Gasteiger partial charge >= 0.3 is 0 Å². The van der Waals surface area contributed by atoms with E-state index < -0.39 is 21.7 Å². The number of carbonyl (C=O) groups excluding carboxylic acids is 1. The van der Waals surface area contributed by atoms with Crippen molar-refractivity contribution in [2.45, 2.75) is 4.90 Å². The van der Waals surface area contributed by atoms with E-state index in [1.807, 2.05) is 0 Å². The lowest BCUT2D eigenvalue weighted by molar-refractivity contribution is 0.102. The Morgan fingerprint density at radius 3 is 2.61 bits per heavy atom. The number of thiazole rings is 1. The zero-order chi connectivity index (χ0) is 19.7. The minimum absolute atomic E-state index is 0.0314. The average molecular weight is 417 g/mol. The number of fused-ring (bicyclic) bond motifs is 1. The largest absolute Gasteiger partial charge is 0.321 e. The molecule has 11 heteroatoms. The number of carbonyl (C=O) groups is 1. The summed E-state index contributed by atoms with van der Waals surface area (Å²) in [7, 11) is -3.77. The van der Waals surface area contributed by atoms with Crippen molar-refractivity contribution in [2.75, 3.05) is 10.0 Å². The molecule has 0 spiro atoms. The van der Waals surface area contributed by atoms with Crippen molar-refractivity contribution in [3.05, 3.63) is 71.9 Å². The quantitative estimate of drug-likeness (QED) is 0.519. The highest BCUT2D eigenvalue weighted by Crippen LogP contribution is 2.20. The average Bonchev–Trinajstić information content (AvgIpc) is 3.31. The van der Waals surface area contributed by atoms with Crippen LogP contribution in [0.5, 0.6) is 0 Å². The van der Waals surface area contributed by atoms with Crippen molar-refractivity contribution in [3.8, 4) is 0 Å². The third kappa shape index (κ3) is 3.70. The second-order valence-electron chi connectivity index (χ2n) is 5.66. The fourth-order valence-corrected chi connectivity index (χ4v) is 4.22. The standard InChI is InChI=1S/C17H12FN5O3S2/c18-11-1-6-15-21-14(10-23(15)9-11)16(24)20-12-2-4-13(5-3-12)28(25,26)22-17-19-7-8-27-17/h1-10H,(H,19,22)(H,20,24). The number of aromatic nitrogens is 3. The monoisotopic (exact) mass is 417 g/mol. The van der Waals surface area contributed by atoms with E-state index in [1.165, 1.54) is 70.7 Å². The predicted octanol–water partition coefficient (Wildman–Crippen LogP) is 2.98. The molecule has 0 unspecified atom stereocenters. The van der Waals surface area contributed by atoms with Gasteiger partial charge in [0.15, 0.2) is 5.13 Å². The Hall–Kier alpha value is -3.31. The smallest absolute Gasteiger partial charge is 0.275 e. The van der Waals surface area contributed by atoms with Gasteiger partial charge in [-0.3, -0.25) is 9.52 Å². The minimum atomic E-state index is -3.77. The van der Waals surface area contributed by atoms with Gasteiger partial charge in [-0.15, -0.1) is 11.3 Å². The highest BCUT2D eigenvalue weighted by atomic mass is 32.2. The molecule has 1 aromatic carbocycles. The van der Waals surface area contributed by atoms with Gasteiger partial charge in [0.25, 0.3) is 15.9 Å². The summed E-state index contributed by atoms with van der Waals surface area (Å²) in [4.78, 5) is 20.4. The molecule has 3 heterocycles. The molecule has 0 aliphatic heterocycles. The second-order valence-corrected chi connectivity index (χ2v) is 8.24. The van der Waals surface area contributed by atoms with Crippen LogP contribution in [0.4, 0.5) is 15.2 Å². The lowest BCUT2D eigenvalue weighted by Gasteiger charge is -2.07. The maximum Gasteiger partial charge on any atom is 0.275 e. The molecule has 0 saturated carbocycles. The number of nitrogens with one attached hydrogen (secondary N) is 2. The Bertz CT molecular complexity index is 1250. The van der Waals surface area contributed by atoms with E-state index in [1.54, 1.807) is 5.38 Å². The van der Waals surface area contributed by atoms with E-state index in [0.29, 0.717) is 11.3 Å². The Balaban J connectivity index is 1.49. The van der Waals surface area contributed by atoms with Gasteiger partial charge in [-0.1, -0.05) is 0 Å². The van der Waals surface area contributed by atoms with Gasteiger partial charge in [-0.25, -0.2) is 22.8 Å². The van der Waals surface area contributed by atoms with Crippen LogP contribution in [-0.2, 0) is 10.0 Å². The van der Waals surface area contributed by atoms with Crippen molar-refractivity contribution in [2.24, 2.45) is 0 Å². The second kappa shape index (κ2) is 7.02. The summed E-state index contributed by atoms with van der Waals surface area (Å²) in [6.45, 7) is 0. The van der Waals surface area contributed by atoms with Crippen LogP contribution in [0.15, 0.2) is 65.3 Å². The molecule has 3 aromatic heterocycles. The molecule has 1 amide bonds. The number of anilines is 2. The van der Waals surface area contributed by atoms with Crippen molar-refractivity contribution >= 4 is 43.7 Å². The Kier molecular flexibility index (Phi) is 4.53. The third-order valence-electron chi connectivity index (χ3n) is 3.72. The van der Waals surface area contributed by atoms with Crippen LogP contribution < -0.4 is 10.0 Å². The summed E-state index contributed by atoms with van der Waals surface area (Å²) >= 11 is 1.17. The first-order valence-electron chi connectivity index (χ1n) is 7.89. The minimum Gasteiger partial charge on any atom is -0.321 e. The first-order valence-corrected chi connectivity index (χ1v) is 10.2. The van der Waals surface area contributed by atoms with Crippen LogP contribution in [0, 0.1) is 5.82 Å². The molecule has 8 nitrogen and oxygen atoms in total. The van der Waals surface area contributed by atoms with Crippen LogP contribution in [0.25, 0.3) is 5.65 Å². The van der Waals surface area contributed by atoms with E-state index in [4.69, 9.17) is 0 Å². The van der Waals surface area contributed by atoms with E-state index in [0.717, 1.165) is 0 Å². The number of hydrogen-bond donors (Lipinski definition) is 2. The fourth-order valence-electron chi connectivity index (χ4n) is 2.43. The van der Waals surface area contributed by atoms with Crippen LogP contribution in [0.1, 0.15) is 10.5 Å². The number of amides is 1. The molecule has 0 fully saturated rings.